The van der Waals surface area contributed by atoms with E-state index in [2.05, 4.69) is 31.0 Å². The van der Waals surface area contributed by atoms with E-state index in [9.17, 15) is 19.5 Å². The summed E-state index contributed by atoms with van der Waals surface area (Å²) in [5.74, 6) is -0.691. The van der Waals surface area contributed by atoms with E-state index in [4.69, 9.17) is 0 Å². The molecule has 0 bridgehead atoms. The Morgan fingerprint density at radius 2 is 1.73 bits per heavy atom. The quantitative estimate of drug-likeness (QED) is 0.504. The highest BCUT2D eigenvalue weighted by molar-refractivity contribution is 5.91. The van der Waals surface area contributed by atoms with Crippen molar-refractivity contribution in [3.8, 4) is 0 Å². The molecule has 2 amide bonds. The summed E-state index contributed by atoms with van der Waals surface area (Å²) in [5.41, 5.74) is -0.304. The van der Waals surface area contributed by atoms with Crippen LogP contribution in [0.5, 0.6) is 0 Å². The van der Waals surface area contributed by atoms with Gasteiger partial charge in [0.05, 0.1) is 12.1 Å². The number of carbonyl (C=O) groups is 3. The van der Waals surface area contributed by atoms with Gasteiger partial charge in [0.15, 0.2) is 0 Å². The molecule has 7 heteroatoms. The van der Waals surface area contributed by atoms with Crippen molar-refractivity contribution < 1.29 is 19.5 Å². The Labute approximate surface area is 201 Å². The summed E-state index contributed by atoms with van der Waals surface area (Å²) < 4.78 is 0. The molecule has 0 spiro atoms. The molecule has 0 radical (unpaired) electrons. The van der Waals surface area contributed by atoms with Crippen molar-refractivity contribution in [1.82, 2.24) is 15.1 Å². The fraction of sp³-hybridized carbons (Fsp3) is 0.808. The van der Waals surface area contributed by atoms with Gasteiger partial charge in [0.25, 0.3) is 0 Å². The van der Waals surface area contributed by atoms with E-state index < -0.39 is 17.4 Å². The highest BCUT2D eigenvalue weighted by Crippen LogP contribution is 2.28. The molecule has 4 atom stereocenters. The average molecular weight is 466 g/mol. The molecule has 1 saturated heterocycles. The van der Waals surface area contributed by atoms with Crippen molar-refractivity contribution in [2.45, 2.75) is 106 Å². The average Bonchev–Trinajstić information content (AvgIpc) is 2.72. The number of nitrogens with zero attached hydrogens (tertiary/aromatic N) is 2. The van der Waals surface area contributed by atoms with Crippen LogP contribution in [-0.4, -0.2) is 70.4 Å². The van der Waals surface area contributed by atoms with E-state index in [1.165, 1.54) is 6.92 Å². The molecule has 1 fully saturated rings. The molecule has 0 aromatic heterocycles. The number of piperidine rings is 1. The Bertz CT molecular complexity index is 724. The SMILES string of the molecule is CCC1CC[C@@H](C(=O)N[C@H](C(=O)N(C)[C@H](/C=C(\C)C(=O)O)C(C)C)C(C)(C)C)N(C(C)C)C1. The van der Waals surface area contributed by atoms with Crippen molar-refractivity contribution in [2.24, 2.45) is 17.3 Å². The molecule has 0 aromatic carbocycles. The van der Waals surface area contributed by atoms with Gasteiger partial charge < -0.3 is 15.3 Å². The highest BCUT2D eigenvalue weighted by Gasteiger charge is 2.40. The molecular weight excluding hydrogens is 418 g/mol. The Morgan fingerprint density at radius 1 is 1.15 bits per heavy atom. The number of rotatable bonds is 9. The lowest BCUT2D eigenvalue weighted by atomic mass is 9.84. The largest absolute Gasteiger partial charge is 0.478 e. The minimum absolute atomic E-state index is 0.0188. The molecular formula is C26H47N3O4. The maximum atomic E-state index is 13.6. The van der Waals surface area contributed by atoms with Crippen LogP contribution in [0.25, 0.3) is 0 Å². The lowest BCUT2D eigenvalue weighted by molar-refractivity contribution is -0.142. The van der Waals surface area contributed by atoms with Crippen molar-refractivity contribution >= 4 is 17.8 Å². The summed E-state index contributed by atoms with van der Waals surface area (Å²) in [4.78, 5) is 42.3. The van der Waals surface area contributed by atoms with Crippen LogP contribution in [-0.2, 0) is 14.4 Å². The zero-order valence-electron chi connectivity index (χ0n) is 22.4. The molecule has 0 aliphatic carbocycles. The number of nitrogens with one attached hydrogen (secondary N) is 1. The zero-order chi connectivity index (χ0) is 25.7. The van der Waals surface area contributed by atoms with Crippen LogP contribution in [0.3, 0.4) is 0 Å². The number of likely N-dealkylation sites (tertiary alicyclic amines) is 1. The molecule has 1 aliphatic rings. The van der Waals surface area contributed by atoms with Crippen molar-refractivity contribution in [3.63, 3.8) is 0 Å². The van der Waals surface area contributed by atoms with Crippen LogP contribution < -0.4 is 5.32 Å². The molecule has 2 N–H and O–H groups in total. The first kappa shape index (κ1) is 29.1. The van der Waals surface area contributed by atoms with Gasteiger partial charge in [0.1, 0.15) is 6.04 Å². The molecule has 1 unspecified atom stereocenters. The molecule has 1 aliphatic heterocycles. The van der Waals surface area contributed by atoms with Gasteiger partial charge >= 0.3 is 5.97 Å². The Morgan fingerprint density at radius 3 is 2.15 bits per heavy atom. The normalized spacial score (nSPS) is 22.2. The Kier molecular flexibility index (Phi) is 10.6. The predicted octanol–water partition coefficient (Wildman–Crippen LogP) is 3.93. The van der Waals surface area contributed by atoms with E-state index in [0.717, 1.165) is 25.8 Å². The van der Waals surface area contributed by atoms with E-state index in [0.29, 0.717) is 5.92 Å². The first-order valence-electron chi connectivity index (χ1n) is 12.4. The van der Waals surface area contributed by atoms with Gasteiger partial charge in [-0.3, -0.25) is 14.5 Å². The van der Waals surface area contributed by atoms with Gasteiger partial charge in [-0.05, 0) is 50.9 Å². The summed E-state index contributed by atoms with van der Waals surface area (Å²) in [6.07, 6.45) is 4.53. The van der Waals surface area contributed by atoms with Crippen LogP contribution >= 0.6 is 0 Å². The summed E-state index contributed by atoms with van der Waals surface area (Å²) in [7, 11) is 1.69. The fourth-order valence-corrected chi connectivity index (χ4v) is 4.58. The fourth-order valence-electron chi connectivity index (χ4n) is 4.58. The number of hydrogen-bond acceptors (Lipinski definition) is 4. The second-order valence-corrected chi connectivity index (χ2v) is 11.3. The Hall–Kier alpha value is -1.89. The van der Waals surface area contributed by atoms with Crippen LogP contribution in [0.2, 0.25) is 0 Å². The van der Waals surface area contributed by atoms with Crippen molar-refractivity contribution in [3.05, 3.63) is 11.6 Å². The lowest BCUT2D eigenvalue weighted by Crippen LogP contribution is -2.61. The topological polar surface area (TPSA) is 90.0 Å². The van der Waals surface area contributed by atoms with E-state index in [1.807, 2.05) is 34.6 Å². The number of hydrogen-bond donors (Lipinski definition) is 2. The number of amides is 2. The number of carboxylic acid groups (broad SMARTS) is 1. The van der Waals surface area contributed by atoms with Gasteiger partial charge in [0, 0.05) is 25.2 Å². The minimum atomic E-state index is -1.00. The molecule has 0 aromatic rings. The second-order valence-electron chi connectivity index (χ2n) is 11.3. The van der Waals surface area contributed by atoms with Gasteiger partial charge in [-0.1, -0.05) is 54.0 Å². The van der Waals surface area contributed by atoms with Gasteiger partial charge in [-0.2, -0.15) is 0 Å². The molecule has 1 rings (SSSR count). The minimum Gasteiger partial charge on any atom is -0.478 e. The summed E-state index contributed by atoms with van der Waals surface area (Å²) >= 11 is 0. The molecule has 33 heavy (non-hydrogen) atoms. The predicted molar refractivity (Wildman–Crippen MR) is 133 cm³/mol. The first-order valence-corrected chi connectivity index (χ1v) is 12.4. The van der Waals surface area contributed by atoms with Crippen LogP contribution in [0.15, 0.2) is 11.6 Å². The van der Waals surface area contributed by atoms with Crippen LogP contribution in [0.1, 0.15) is 81.6 Å². The van der Waals surface area contributed by atoms with Crippen molar-refractivity contribution in [2.75, 3.05) is 13.6 Å². The Balaban J connectivity index is 3.17. The third-order valence-corrected chi connectivity index (χ3v) is 6.90. The van der Waals surface area contributed by atoms with Gasteiger partial charge in [-0.25, -0.2) is 4.79 Å². The van der Waals surface area contributed by atoms with Gasteiger partial charge in [-0.15, -0.1) is 0 Å². The number of carboxylic acids is 1. The number of carbonyl (C=O) groups excluding carboxylic acids is 2. The number of aliphatic carboxylic acids is 1. The maximum Gasteiger partial charge on any atom is 0.331 e. The zero-order valence-corrected chi connectivity index (χ0v) is 22.4. The lowest BCUT2D eigenvalue weighted by Gasteiger charge is -2.43. The first-order chi connectivity index (χ1) is 15.1. The molecule has 0 saturated carbocycles. The van der Waals surface area contributed by atoms with E-state index in [1.54, 1.807) is 18.0 Å². The smallest absolute Gasteiger partial charge is 0.331 e. The van der Waals surface area contributed by atoms with Crippen LogP contribution in [0, 0.1) is 17.3 Å². The summed E-state index contributed by atoms with van der Waals surface area (Å²) in [5, 5.41) is 12.4. The van der Waals surface area contributed by atoms with E-state index >= 15 is 0 Å². The molecule has 190 valence electrons. The summed E-state index contributed by atoms with van der Waals surface area (Å²) in [6.45, 7) is 18.6. The maximum absolute atomic E-state index is 13.6. The summed E-state index contributed by atoms with van der Waals surface area (Å²) in [6, 6.07) is -1.10. The molecule has 1 heterocycles. The third-order valence-electron chi connectivity index (χ3n) is 6.90. The second kappa shape index (κ2) is 12.0. The van der Waals surface area contributed by atoms with Gasteiger partial charge in [0.2, 0.25) is 11.8 Å². The van der Waals surface area contributed by atoms with Crippen molar-refractivity contribution in [1.29, 1.82) is 0 Å². The highest BCUT2D eigenvalue weighted by atomic mass is 16.4. The third kappa shape index (κ3) is 7.83. The standard InChI is InChI=1S/C26H47N3O4/c1-11-19-12-13-20(29(15-19)17(4)5)23(30)27-22(26(7,8)9)24(31)28(10)21(16(2)3)14-18(6)25(32)33/h14,16-17,19-22H,11-13,15H2,1-10H3,(H,27,30)(H,32,33)/b18-14+/t19?,20-,21+,22+/m0/s1. The number of likely N-dealkylation sites (N-methyl/N-ethyl adjacent to an activating group) is 1. The molecule has 7 nitrogen and oxygen atoms in total. The van der Waals surface area contributed by atoms with Crippen LogP contribution in [0.4, 0.5) is 0 Å². The van der Waals surface area contributed by atoms with E-state index in [-0.39, 0.29) is 41.4 Å². The monoisotopic (exact) mass is 465 g/mol.